The van der Waals surface area contributed by atoms with E-state index in [1.54, 1.807) is 18.2 Å². The highest BCUT2D eigenvalue weighted by molar-refractivity contribution is 9.10. The molecule has 0 aliphatic rings. The van der Waals surface area contributed by atoms with Crippen LogP contribution in [0.5, 0.6) is 0 Å². The highest BCUT2D eigenvalue weighted by atomic mass is 79.9. The number of hydrogen-bond acceptors (Lipinski definition) is 3. The summed E-state index contributed by atoms with van der Waals surface area (Å²) in [5.41, 5.74) is 3.15. The topological polar surface area (TPSA) is 70.6 Å². The molecule has 0 radical (unpaired) electrons. The lowest BCUT2D eigenvalue weighted by Crippen LogP contribution is -2.32. The first-order valence-corrected chi connectivity index (χ1v) is 7.85. The van der Waals surface area contributed by atoms with E-state index in [-0.39, 0.29) is 10.7 Å². The van der Waals surface area contributed by atoms with Crippen molar-refractivity contribution in [2.45, 2.75) is 0 Å². The quantitative estimate of drug-likeness (QED) is 0.455. The summed E-state index contributed by atoms with van der Waals surface area (Å²) in [7, 11) is 0. The molecular formula is C15H10BrCl2N3O2. The molecule has 0 aromatic heterocycles. The fourth-order valence-corrected chi connectivity index (χ4v) is 2.14. The average molecular weight is 415 g/mol. The number of rotatable bonds is 3. The standard InChI is InChI=1S/C15H10BrCl2N3O2/c16-10-3-1-9(2-4-10)8-19-21-15(23)14(22)20-13-7-11(17)5-6-12(13)18/h1-8H,(H,20,22)(H,21,23)/b19-8-. The van der Waals surface area contributed by atoms with Gasteiger partial charge in [-0.2, -0.15) is 5.10 Å². The van der Waals surface area contributed by atoms with Crippen LogP contribution in [0.25, 0.3) is 0 Å². The number of anilines is 1. The van der Waals surface area contributed by atoms with E-state index in [4.69, 9.17) is 23.2 Å². The summed E-state index contributed by atoms with van der Waals surface area (Å²) in [4.78, 5) is 23.4. The number of amides is 2. The third-order valence-electron chi connectivity index (χ3n) is 2.63. The van der Waals surface area contributed by atoms with Gasteiger partial charge in [-0.3, -0.25) is 9.59 Å². The van der Waals surface area contributed by atoms with Crippen LogP contribution in [0, 0.1) is 0 Å². The Kier molecular flexibility index (Phi) is 6.15. The monoisotopic (exact) mass is 413 g/mol. The Morgan fingerprint density at radius 1 is 1.04 bits per heavy atom. The Morgan fingerprint density at radius 2 is 1.74 bits per heavy atom. The van der Waals surface area contributed by atoms with Crippen LogP contribution in [0.3, 0.4) is 0 Å². The highest BCUT2D eigenvalue weighted by Gasteiger charge is 2.14. The number of nitrogens with one attached hydrogen (secondary N) is 2. The van der Waals surface area contributed by atoms with Crippen molar-refractivity contribution in [2.75, 3.05) is 5.32 Å². The summed E-state index contributed by atoms with van der Waals surface area (Å²) in [6, 6.07) is 11.8. The molecule has 0 aliphatic heterocycles. The van der Waals surface area contributed by atoms with Crippen LogP contribution < -0.4 is 10.7 Å². The largest absolute Gasteiger partial charge is 0.329 e. The van der Waals surface area contributed by atoms with Crippen molar-refractivity contribution in [3.63, 3.8) is 0 Å². The molecule has 0 unspecified atom stereocenters. The average Bonchev–Trinajstić information content (AvgIpc) is 2.52. The van der Waals surface area contributed by atoms with Gasteiger partial charge in [-0.05, 0) is 35.9 Å². The molecule has 0 bridgehead atoms. The van der Waals surface area contributed by atoms with Crippen LogP contribution in [0.1, 0.15) is 5.56 Å². The smallest absolute Gasteiger partial charge is 0.316 e. The van der Waals surface area contributed by atoms with Crippen LogP contribution in [-0.4, -0.2) is 18.0 Å². The maximum atomic E-state index is 11.8. The maximum absolute atomic E-state index is 11.8. The number of carbonyl (C=O) groups excluding carboxylic acids is 2. The van der Waals surface area contributed by atoms with Gasteiger partial charge in [0.15, 0.2) is 0 Å². The van der Waals surface area contributed by atoms with Crippen LogP contribution in [-0.2, 0) is 9.59 Å². The van der Waals surface area contributed by atoms with E-state index in [9.17, 15) is 9.59 Å². The number of halogens is 3. The zero-order valence-corrected chi connectivity index (χ0v) is 14.6. The molecule has 5 nitrogen and oxygen atoms in total. The predicted molar refractivity (Wildman–Crippen MR) is 95.0 cm³/mol. The van der Waals surface area contributed by atoms with Crippen molar-refractivity contribution in [2.24, 2.45) is 5.10 Å². The summed E-state index contributed by atoms with van der Waals surface area (Å²) in [6.45, 7) is 0. The Bertz CT molecular complexity index is 764. The lowest BCUT2D eigenvalue weighted by molar-refractivity contribution is -0.136. The molecule has 2 N–H and O–H groups in total. The molecule has 118 valence electrons. The second-order valence-electron chi connectivity index (χ2n) is 4.33. The molecule has 0 aliphatic carbocycles. The van der Waals surface area contributed by atoms with Crippen molar-refractivity contribution in [3.8, 4) is 0 Å². The molecule has 0 atom stereocenters. The van der Waals surface area contributed by atoms with Crippen LogP contribution in [0.4, 0.5) is 5.69 Å². The lowest BCUT2D eigenvalue weighted by Gasteiger charge is -2.06. The minimum absolute atomic E-state index is 0.246. The Hall–Kier alpha value is -1.89. The van der Waals surface area contributed by atoms with E-state index in [1.807, 2.05) is 12.1 Å². The van der Waals surface area contributed by atoms with E-state index in [0.29, 0.717) is 5.02 Å². The molecule has 0 saturated carbocycles. The Labute approximate surface area is 150 Å². The number of hydrogen-bond donors (Lipinski definition) is 2. The number of hydrazone groups is 1. The maximum Gasteiger partial charge on any atom is 0.329 e. The van der Waals surface area contributed by atoms with Gasteiger partial charge in [0.25, 0.3) is 0 Å². The summed E-state index contributed by atoms with van der Waals surface area (Å²) in [5.74, 6) is -1.82. The number of nitrogens with zero attached hydrogens (tertiary/aromatic N) is 1. The molecule has 0 spiro atoms. The van der Waals surface area contributed by atoms with Gasteiger partial charge in [0, 0.05) is 9.50 Å². The lowest BCUT2D eigenvalue weighted by atomic mass is 10.2. The molecule has 0 fully saturated rings. The Balaban J connectivity index is 1.93. The van der Waals surface area contributed by atoms with Crippen molar-refractivity contribution in [1.82, 2.24) is 5.43 Å². The molecule has 8 heteroatoms. The minimum atomic E-state index is -0.922. The number of benzene rings is 2. The fraction of sp³-hybridized carbons (Fsp3) is 0. The van der Waals surface area contributed by atoms with Gasteiger partial charge in [-0.1, -0.05) is 51.3 Å². The second kappa shape index (κ2) is 8.10. The molecule has 2 aromatic rings. The SMILES string of the molecule is O=C(N/N=C\c1ccc(Br)cc1)C(=O)Nc1cc(Cl)ccc1Cl. The van der Waals surface area contributed by atoms with Crippen molar-refractivity contribution >= 4 is 62.8 Å². The third-order valence-corrected chi connectivity index (χ3v) is 3.73. The number of carbonyl (C=O) groups is 2. The van der Waals surface area contributed by atoms with E-state index >= 15 is 0 Å². The zero-order chi connectivity index (χ0) is 16.8. The molecule has 2 amide bonds. The van der Waals surface area contributed by atoms with Gasteiger partial charge in [0.05, 0.1) is 16.9 Å². The molecule has 2 aromatic carbocycles. The molecule has 23 heavy (non-hydrogen) atoms. The van der Waals surface area contributed by atoms with Gasteiger partial charge in [0.1, 0.15) is 0 Å². The van der Waals surface area contributed by atoms with Gasteiger partial charge < -0.3 is 5.32 Å². The first-order chi connectivity index (χ1) is 11.0. The first kappa shape index (κ1) is 17.5. The Morgan fingerprint density at radius 3 is 2.43 bits per heavy atom. The normalized spacial score (nSPS) is 10.6. The summed E-state index contributed by atoms with van der Waals surface area (Å²) >= 11 is 15.0. The summed E-state index contributed by atoms with van der Waals surface area (Å²) in [5, 5.41) is 6.73. The van der Waals surface area contributed by atoms with Gasteiger partial charge >= 0.3 is 11.8 Å². The summed E-state index contributed by atoms with van der Waals surface area (Å²) < 4.78 is 0.927. The third kappa shape index (κ3) is 5.35. The van der Waals surface area contributed by atoms with Crippen molar-refractivity contribution in [1.29, 1.82) is 0 Å². The van der Waals surface area contributed by atoms with Crippen molar-refractivity contribution in [3.05, 3.63) is 62.5 Å². The summed E-state index contributed by atoms with van der Waals surface area (Å²) in [6.07, 6.45) is 1.42. The minimum Gasteiger partial charge on any atom is -0.316 e. The molecule has 0 heterocycles. The van der Waals surface area contributed by atoms with E-state index in [2.05, 4.69) is 31.8 Å². The van der Waals surface area contributed by atoms with Gasteiger partial charge in [-0.15, -0.1) is 0 Å². The highest BCUT2D eigenvalue weighted by Crippen LogP contribution is 2.25. The van der Waals surface area contributed by atoms with Crippen LogP contribution in [0.2, 0.25) is 10.0 Å². The molecule has 0 saturated heterocycles. The second-order valence-corrected chi connectivity index (χ2v) is 6.09. The molecular weight excluding hydrogens is 405 g/mol. The van der Waals surface area contributed by atoms with E-state index in [1.165, 1.54) is 18.3 Å². The van der Waals surface area contributed by atoms with Crippen molar-refractivity contribution < 1.29 is 9.59 Å². The van der Waals surface area contributed by atoms with Crippen LogP contribution in [0.15, 0.2) is 52.0 Å². The predicted octanol–water partition coefficient (Wildman–Crippen LogP) is 3.84. The van der Waals surface area contributed by atoms with Crippen LogP contribution >= 0.6 is 39.1 Å². The molecule has 2 rings (SSSR count). The van der Waals surface area contributed by atoms with Gasteiger partial charge in [-0.25, -0.2) is 5.43 Å². The first-order valence-electron chi connectivity index (χ1n) is 6.31. The zero-order valence-electron chi connectivity index (χ0n) is 11.5. The van der Waals surface area contributed by atoms with E-state index < -0.39 is 11.8 Å². The van der Waals surface area contributed by atoms with E-state index in [0.717, 1.165) is 10.0 Å². The van der Waals surface area contributed by atoms with Gasteiger partial charge in [0.2, 0.25) is 0 Å². The fourth-order valence-electron chi connectivity index (χ4n) is 1.54.